The van der Waals surface area contributed by atoms with Gasteiger partial charge in [0.2, 0.25) is 0 Å². The Morgan fingerprint density at radius 3 is 2.58 bits per heavy atom. The molecule has 38 heavy (non-hydrogen) atoms. The standard InChI is InChI=1S/C30H37NO7/c1-16-11-12-20-21(31(16)29(35)38-15-17-7-4-3-5-8-17)13-18-14-30(20,36)26-23(18)19-9-6-10-22(37-2)24(19)27(32)25(26)28(33)34/h3-5,7-8,16,18-24,36H,6,9-15H2,1-2H3,(H,33,34)/t16-,18-,19-,20+,21-,22-,23-,24-,30+/m0/s1. The zero-order valence-corrected chi connectivity index (χ0v) is 22.0. The fourth-order valence-corrected chi connectivity index (χ4v) is 8.96. The lowest BCUT2D eigenvalue weighted by Gasteiger charge is -2.52. The number of nitrogens with zero attached hydrogens (tertiary/aromatic N) is 1. The molecule has 0 aromatic heterocycles. The van der Waals surface area contributed by atoms with E-state index < -0.39 is 23.6 Å². The summed E-state index contributed by atoms with van der Waals surface area (Å²) in [7, 11) is 1.59. The average Bonchev–Trinajstić information content (AvgIpc) is 3.14. The van der Waals surface area contributed by atoms with Crippen molar-refractivity contribution in [1.29, 1.82) is 0 Å². The van der Waals surface area contributed by atoms with Gasteiger partial charge in [0.15, 0.2) is 5.78 Å². The van der Waals surface area contributed by atoms with Crippen LogP contribution in [0, 0.1) is 29.6 Å². The molecule has 5 aliphatic rings. The topological polar surface area (TPSA) is 113 Å². The van der Waals surface area contributed by atoms with Crippen molar-refractivity contribution in [3.63, 3.8) is 0 Å². The van der Waals surface area contributed by atoms with E-state index in [4.69, 9.17) is 9.47 Å². The number of ketones is 1. The van der Waals surface area contributed by atoms with Gasteiger partial charge in [0.1, 0.15) is 12.2 Å². The number of carboxylic acids is 1. The molecule has 1 saturated heterocycles. The van der Waals surface area contributed by atoms with Gasteiger partial charge in [0, 0.05) is 25.1 Å². The van der Waals surface area contributed by atoms with Crippen molar-refractivity contribution in [2.75, 3.05) is 7.11 Å². The van der Waals surface area contributed by atoms with Crippen LogP contribution in [0.15, 0.2) is 41.5 Å². The van der Waals surface area contributed by atoms with E-state index >= 15 is 0 Å². The number of fused-ring (bicyclic) bond motifs is 9. The van der Waals surface area contributed by atoms with Crippen LogP contribution in [0.3, 0.4) is 0 Å². The largest absolute Gasteiger partial charge is 0.478 e. The lowest BCUT2D eigenvalue weighted by Crippen LogP contribution is -2.61. The molecule has 9 atom stereocenters. The molecule has 6 rings (SSSR count). The predicted molar refractivity (Wildman–Crippen MR) is 137 cm³/mol. The maximum atomic E-state index is 13.7. The smallest absolute Gasteiger partial charge is 0.410 e. The number of methoxy groups -OCH3 is 1. The Balaban J connectivity index is 1.37. The SMILES string of the molecule is CO[C@H]1CCC[C@H]2[C@H]3C(=C(C(=O)O)C(=O)[C@@H]21)[C@@]1(O)C[C@@H]3C[C@H]2[C@H]1CC[C@H](C)N2C(=O)OCc1ccccc1. The molecule has 1 amide bonds. The van der Waals surface area contributed by atoms with E-state index in [0.717, 1.165) is 24.8 Å². The van der Waals surface area contributed by atoms with E-state index in [2.05, 4.69) is 0 Å². The highest BCUT2D eigenvalue weighted by Crippen LogP contribution is 2.64. The van der Waals surface area contributed by atoms with E-state index in [1.165, 1.54) is 0 Å². The quantitative estimate of drug-likeness (QED) is 0.575. The number of likely N-dealkylation sites (tertiary alicyclic amines) is 1. The molecule has 1 aliphatic heterocycles. The number of rotatable bonds is 4. The Bertz CT molecular complexity index is 1160. The number of Topliss-reactive ketones (excluding diaryl/α,β-unsaturated/α-hetero) is 1. The minimum atomic E-state index is -1.41. The number of piperidine rings is 1. The van der Waals surface area contributed by atoms with Crippen molar-refractivity contribution in [3.8, 4) is 0 Å². The molecule has 3 saturated carbocycles. The third kappa shape index (κ3) is 3.74. The first-order valence-corrected chi connectivity index (χ1v) is 14.0. The summed E-state index contributed by atoms with van der Waals surface area (Å²) < 4.78 is 11.4. The van der Waals surface area contributed by atoms with Crippen LogP contribution in [-0.2, 0) is 25.7 Å². The summed E-state index contributed by atoms with van der Waals surface area (Å²) in [6, 6.07) is 9.22. The van der Waals surface area contributed by atoms with Gasteiger partial charge in [-0.25, -0.2) is 9.59 Å². The monoisotopic (exact) mass is 523 g/mol. The molecule has 4 fully saturated rings. The molecular weight excluding hydrogens is 486 g/mol. The summed E-state index contributed by atoms with van der Waals surface area (Å²) in [5.41, 5.74) is -0.286. The highest BCUT2D eigenvalue weighted by Gasteiger charge is 2.67. The number of hydrogen-bond donors (Lipinski definition) is 2. The van der Waals surface area contributed by atoms with Gasteiger partial charge >= 0.3 is 12.1 Å². The average molecular weight is 524 g/mol. The van der Waals surface area contributed by atoms with Crippen LogP contribution in [0.5, 0.6) is 0 Å². The minimum Gasteiger partial charge on any atom is -0.478 e. The number of aliphatic hydroxyl groups is 1. The van der Waals surface area contributed by atoms with Crippen molar-refractivity contribution in [1.82, 2.24) is 4.90 Å². The molecule has 1 aromatic rings. The number of carbonyl (C=O) groups excluding carboxylic acids is 2. The maximum Gasteiger partial charge on any atom is 0.410 e. The zero-order chi connectivity index (χ0) is 26.8. The number of amides is 1. The molecular formula is C30H37NO7. The van der Waals surface area contributed by atoms with Gasteiger partial charge in [0.05, 0.1) is 17.6 Å². The zero-order valence-electron chi connectivity index (χ0n) is 22.0. The number of aliphatic carboxylic acids is 1. The van der Waals surface area contributed by atoms with Crippen LogP contribution in [0.1, 0.15) is 57.4 Å². The molecule has 1 heterocycles. The molecule has 204 valence electrons. The third-order valence-corrected chi connectivity index (χ3v) is 10.3. The third-order valence-electron chi connectivity index (χ3n) is 10.3. The fraction of sp³-hybridized carbons (Fsp3) is 0.633. The van der Waals surface area contributed by atoms with Gasteiger partial charge in [-0.3, -0.25) is 4.79 Å². The molecule has 8 heteroatoms. The van der Waals surface area contributed by atoms with E-state index in [9.17, 15) is 24.6 Å². The number of hydrogen-bond acceptors (Lipinski definition) is 6. The summed E-state index contributed by atoms with van der Waals surface area (Å²) in [5.74, 6) is -2.71. The first-order chi connectivity index (χ1) is 18.3. The summed E-state index contributed by atoms with van der Waals surface area (Å²) in [5, 5.41) is 22.7. The van der Waals surface area contributed by atoms with Crippen molar-refractivity contribution < 1.29 is 34.1 Å². The number of carbonyl (C=O) groups is 3. The van der Waals surface area contributed by atoms with Crippen molar-refractivity contribution in [2.45, 2.75) is 82.3 Å². The van der Waals surface area contributed by atoms with Crippen LogP contribution >= 0.6 is 0 Å². The van der Waals surface area contributed by atoms with Gasteiger partial charge in [-0.2, -0.15) is 0 Å². The molecule has 0 unspecified atom stereocenters. The normalized spacial score (nSPS) is 39.8. The van der Waals surface area contributed by atoms with E-state index in [0.29, 0.717) is 31.3 Å². The van der Waals surface area contributed by atoms with Crippen LogP contribution in [-0.4, -0.2) is 63.9 Å². The molecule has 2 N–H and O–H groups in total. The molecule has 4 aliphatic carbocycles. The van der Waals surface area contributed by atoms with E-state index in [1.54, 1.807) is 12.0 Å². The van der Waals surface area contributed by atoms with Crippen LogP contribution < -0.4 is 0 Å². The van der Waals surface area contributed by atoms with E-state index in [-0.39, 0.29) is 59.8 Å². The maximum absolute atomic E-state index is 13.7. The highest BCUT2D eigenvalue weighted by molar-refractivity contribution is 6.19. The summed E-state index contributed by atoms with van der Waals surface area (Å²) in [6.45, 7) is 2.18. The van der Waals surface area contributed by atoms with Gasteiger partial charge in [0.25, 0.3) is 0 Å². The predicted octanol–water partition coefficient (Wildman–Crippen LogP) is 3.96. The Morgan fingerprint density at radius 1 is 1.11 bits per heavy atom. The second-order valence-electron chi connectivity index (χ2n) is 12.1. The van der Waals surface area contributed by atoms with Gasteiger partial charge < -0.3 is 24.6 Å². The molecule has 8 nitrogen and oxygen atoms in total. The highest BCUT2D eigenvalue weighted by atomic mass is 16.6. The van der Waals surface area contributed by atoms with Crippen LogP contribution in [0.4, 0.5) is 4.79 Å². The fourth-order valence-electron chi connectivity index (χ4n) is 8.96. The van der Waals surface area contributed by atoms with Crippen LogP contribution in [0.2, 0.25) is 0 Å². The van der Waals surface area contributed by atoms with Crippen molar-refractivity contribution >= 4 is 17.8 Å². The van der Waals surface area contributed by atoms with Gasteiger partial charge in [-0.15, -0.1) is 0 Å². The molecule has 1 aromatic carbocycles. The number of carboxylic acid groups (broad SMARTS) is 1. The van der Waals surface area contributed by atoms with Crippen molar-refractivity contribution in [3.05, 3.63) is 47.0 Å². The Labute approximate surface area is 223 Å². The molecule has 0 radical (unpaired) electrons. The Morgan fingerprint density at radius 2 is 1.87 bits per heavy atom. The van der Waals surface area contributed by atoms with Crippen molar-refractivity contribution in [2.24, 2.45) is 29.6 Å². The first-order valence-electron chi connectivity index (χ1n) is 14.0. The Hall–Kier alpha value is -2.71. The lowest BCUT2D eigenvalue weighted by atomic mass is 9.60. The second-order valence-corrected chi connectivity index (χ2v) is 12.1. The summed E-state index contributed by atoms with van der Waals surface area (Å²) in [6.07, 6.45) is 4.22. The van der Waals surface area contributed by atoms with E-state index in [1.807, 2.05) is 37.3 Å². The van der Waals surface area contributed by atoms with Crippen LogP contribution in [0.25, 0.3) is 0 Å². The number of benzene rings is 1. The minimum absolute atomic E-state index is 0.00321. The number of ether oxygens (including phenoxy) is 2. The first kappa shape index (κ1) is 25.6. The lowest BCUT2D eigenvalue weighted by molar-refractivity contribution is -0.140. The van der Waals surface area contributed by atoms with Gasteiger partial charge in [-0.1, -0.05) is 36.8 Å². The van der Waals surface area contributed by atoms with Gasteiger partial charge in [-0.05, 0) is 74.3 Å². The summed E-state index contributed by atoms with van der Waals surface area (Å²) in [4.78, 5) is 41.6. The Kier molecular flexibility index (Phi) is 6.38. The molecule has 2 bridgehead atoms. The second kappa shape index (κ2) is 9.49. The molecule has 0 spiro atoms. The summed E-state index contributed by atoms with van der Waals surface area (Å²) >= 11 is 0.